The van der Waals surface area contributed by atoms with Gasteiger partial charge >= 0.3 is 12.0 Å². The van der Waals surface area contributed by atoms with Crippen molar-refractivity contribution >= 4 is 50.9 Å². The standard InChI is InChI=1S/C35H43N5O7S/c1-5-6-20-48(46,47)39-30(33(43)44)13-9-11-24-14-19-29-27(21-24)32(42)40(22-31(41)37-29)35(3,4)25-15-17-26(18-16-25)36-34(45)38-28-12-8-7-10-23(28)2/h7-8,10,12,14-19,21,30,39H,5-6,9,11,13,20,22H2,1-4H3,(H,37,41)(H,43,44)(H2,36,38,45). The number of carbonyl (C=O) groups excluding carboxylic acids is 3. The van der Waals surface area contributed by atoms with Gasteiger partial charge in [0.1, 0.15) is 12.6 Å². The van der Waals surface area contributed by atoms with E-state index in [4.69, 9.17) is 0 Å². The number of anilines is 3. The summed E-state index contributed by atoms with van der Waals surface area (Å²) in [6.45, 7) is 7.25. The number of fused-ring (bicyclic) bond motifs is 1. The smallest absolute Gasteiger partial charge is 0.323 e. The lowest BCUT2D eigenvalue weighted by molar-refractivity contribution is -0.139. The quantitative estimate of drug-likeness (QED) is 0.151. The maximum absolute atomic E-state index is 14.0. The number of rotatable bonds is 14. The van der Waals surface area contributed by atoms with Crippen molar-refractivity contribution in [2.45, 2.75) is 71.4 Å². The number of aliphatic carboxylic acids is 1. The molecule has 0 aliphatic carbocycles. The molecular formula is C35H43N5O7S. The number of carboxylic acid groups (broad SMARTS) is 1. The fourth-order valence-corrected chi connectivity index (χ4v) is 6.94. The average molecular weight is 678 g/mol. The van der Waals surface area contributed by atoms with E-state index in [0.717, 1.165) is 16.7 Å². The molecule has 4 rings (SSSR count). The van der Waals surface area contributed by atoms with Crippen molar-refractivity contribution in [2.75, 3.05) is 28.2 Å². The van der Waals surface area contributed by atoms with E-state index in [-0.39, 0.29) is 30.5 Å². The van der Waals surface area contributed by atoms with Crippen molar-refractivity contribution in [1.82, 2.24) is 9.62 Å². The molecular weight excluding hydrogens is 634 g/mol. The first-order valence-electron chi connectivity index (χ1n) is 15.9. The molecule has 1 unspecified atom stereocenters. The molecule has 12 nitrogen and oxygen atoms in total. The number of carboxylic acids is 1. The van der Waals surface area contributed by atoms with E-state index < -0.39 is 33.6 Å². The van der Waals surface area contributed by atoms with Crippen LogP contribution in [0.4, 0.5) is 21.9 Å². The van der Waals surface area contributed by atoms with Gasteiger partial charge in [-0.15, -0.1) is 0 Å². The van der Waals surface area contributed by atoms with Crippen molar-refractivity contribution in [2.24, 2.45) is 0 Å². The normalized spacial score (nSPS) is 14.0. The van der Waals surface area contributed by atoms with Crippen molar-refractivity contribution in [3.05, 3.63) is 89.0 Å². The van der Waals surface area contributed by atoms with Gasteiger partial charge in [0, 0.05) is 11.4 Å². The zero-order valence-corrected chi connectivity index (χ0v) is 28.4. The average Bonchev–Trinajstić information content (AvgIpc) is 3.16. The topological polar surface area (TPSA) is 174 Å². The Kier molecular flexibility index (Phi) is 11.6. The molecule has 0 bridgehead atoms. The highest BCUT2D eigenvalue weighted by molar-refractivity contribution is 7.89. The molecule has 1 aliphatic rings. The summed E-state index contributed by atoms with van der Waals surface area (Å²) in [5.74, 6) is -2.09. The molecule has 5 N–H and O–H groups in total. The third-order valence-electron chi connectivity index (χ3n) is 8.40. The van der Waals surface area contributed by atoms with Gasteiger partial charge < -0.3 is 26.0 Å². The van der Waals surface area contributed by atoms with Gasteiger partial charge in [0.05, 0.1) is 22.5 Å². The van der Waals surface area contributed by atoms with Gasteiger partial charge in [0.25, 0.3) is 5.91 Å². The first-order chi connectivity index (χ1) is 22.7. The van der Waals surface area contributed by atoms with Crippen LogP contribution in [-0.4, -0.2) is 60.6 Å². The van der Waals surface area contributed by atoms with Crippen molar-refractivity contribution in [3.8, 4) is 0 Å². The van der Waals surface area contributed by atoms with Crippen molar-refractivity contribution in [3.63, 3.8) is 0 Å². The minimum atomic E-state index is -3.72. The predicted octanol–water partition coefficient (Wildman–Crippen LogP) is 5.46. The van der Waals surface area contributed by atoms with Gasteiger partial charge in [-0.1, -0.05) is 49.7 Å². The van der Waals surface area contributed by atoms with Crippen LogP contribution in [0.3, 0.4) is 0 Å². The first kappa shape index (κ1) is 36.1. The van der Waals surface area contributed by atoms with Gasteiger partial charge in [-0.3, -0.25) is 14.4 Å². The zero-order valence-electron chi connectivity index (χ0n) is 27.6. The molecule has 0 fully saturated rings. The van der Waals surface area contributed by atoms with E-state index in [9.17, 15) is 32.7 Å². The molecule has 0 saturated carbocycles. The summed E-state index contributed by atoms with van der Waals surface area (Å²) in [5, 5.41) is 18.0. The number of hydrogen-bond acceptors (Lipinski definition) is 6. The largest absolute Gasteiger partial charge is 0.480 e. The number of para-hydroxylation sites is 1. The van der Waals surface area contributed by atoms with Crippen LogP contribution in [0.2, 0.25) is 0 Å². The molecule has 4 amide bonds. The number of benzene rings is 3. The number of hydrogen-bond donors (Lipinski definition) is 5. The molecule has 0 radical (unpaired) electrons. The molecule has 256 valence electrons. The van der Waals surface area contributed by atoms with E-state index in [1.54, 1.807) is 42.5 Å². The number of aryl methyl sites for hydroxylation is 2. The Labute approximate surface area is 281 Å². The molecule has 3 aromatic rings. The Morgan fingerprint density at radius 1 is 1.00 bits per heavy atom. The second-order valence-electron chi connectivity index (χ2n) is 12.4. The zero-order chi connectivity index (χ0) is 35.1. The lowest BCUT2D eigenvalue weighted by Crippen LogP contribution is -2.47. The third-order valence-corrected chi connectivity index (χ3v) is 9.87. The van der Waals surface area contributed by atoms with Crippen LogP contribution >= 0.6 is 0 Å². The molecule has 1 heterocycles. The summed E-state index contributed by atoms with van der Waals surface area (Å²) in [4.78, 5) is 52.7. The predicted molar refractivity (Wildman–Crippen MR) is 186 cm³/mol. The molecule has 0 aromatic heterocycles. The van der Waals surface area contributed by atoms with Crippen molar-refractivity contribution in [1.29, 1.82) is 0 Å². The molecule has 3 aromatic carbocycles. The summed E-state index contributed by atoms with van der Waals surface area (Å²) in [6, 6.07) is 18.0. The third kappa shape index (κ3) is 9.20. The van der Waals surface area contributed by atoms with Gasteiger partial charge in [0.2, 0.25) is 15.9 Å². The number of sulfonamides is 1. The second kappa shape index (κ2) is 15.4. The Bertz CT molecular complexity index is 1770. The highest BCUT2D eigenvalue weighted by Crippen LogP contribution is 2.34. The van der Waals surface area contributed by atoms with Gasteiger partial charge in [-0.25, -0.2) is 17.9 Å². The van der Waals surface area contributed by atoms with E-state index in [1.165, 1.54) is 4.90 Å². The number of unbranched alkanes of at least 4 members (excludes halogenated alkanes) is 1. The maximum Gasteiger partial charge on any atom is 0.323 e. The van der Waals surface area contributed by atoms with Crippen molar-refractivity contribution < 1.29 is 32.7 Å². The lowest BCUT2D eigenvalue weighted by atomic mass is 9.91. The molecule has 0 saturated heterocycles. The molecule has 1 atom stereocenters. The van der Waals surface area contributed by atoms with E-state index >= 15 is 0 Å². The van der Waals surface area contributed by atoms with E-state index in [2.05, 4.69) is 20.7 Å². The molecule has 48 heavy (non-hydrogen) atoms. The summed E-state index contributed by atoms with van der Waals surface area (Å²) in [6.07, 6.45) is 1.92. The van der Waals surface area contributed by atoms with Crippen LogP contribution in [-0.2, 0) is 31.6 Å². The second-order valence-corrected chi connectivity index (χ2v) is 14.3. The monoisotopic (exact) mass is 677 g/mol. The number of amides is 4. The summed E-state index contributed by atoms with van der Waals surface area (Å²) < 4.78 is 26.8. The van der Waals surface area contributed by atoms with E-state index in [1.807, 2.05) is 52.0 Å². The molecule has 1 aliphatic heterocycles. The molecule has 13 heteroatoms. The minimum Gasteiger partial charge on any atom is -0.480 e. The maximum atomic E-state index is 14.0. The highest BCUT2D eigenvalue weighted by Gasteiger charge is 2.37. The van der Waals surface area contributed by atoms with Crippen LogP contribution in [0.1, 0.15) is 73.5 Å². The summed E-state index contributed by atoms with van der Waals surface area (Å²) in [7, 11) is -3.72. The van der Waals surface area contributed by atoms with Gasteiger partial charge in [-0.05, 0) is 93.5 Å². The Morgan fingerprint density at radius 2 is 1.71 bits per heavy atom. The van der Waals surface area contributed by atoms with Gasteiger partial charge in [-0.2, -0.15) is 0 Å². The lowest BCUT2D eigenvalue weighted by Gasteiger charge is -2.38. The molecule has 0 spiro atoms. The fraction of sp³-hybridized carbons (Fsp3) is 0.371. The Balaban J connectivity index is 1.45. The van der Waals surface area contributed by atoms with E-state index in [0.29, 0.717) is 48.3 Å². The van der Waals surface area contributed by atoms with Crippen LogP contribution in [0.25, 0.3) is 0 Å². The van der Waals surface area contributed by atoms with Crippen LogP contribution in [0, 0.1) is 6.92 Å². The minimum absolute atomic E-state index is 0.0695. The summed E-state index contributed by atoms with van der Waals surface area (Å²) >= 11 is 0. The fourth-order valence-electron chi connectivity index (χ4n) is 5.50. The SMILES string of the molecule is CCCCS(=O)(=O)NC(CCCc1ccc2c(c1)C(=O)N(C(C)(C)c1ccc(NC(=O)Nc3ccccc3C)cc1)CC(=O)N2)C(=O)O. The van der Waals surface area contributed by atoms with Gasteiger partial charge in [0.15, 0.2) is 0 Å². The Morgan fingerprint density at radius 3 is 2.38 bits per heavy atom. The first-order valence-corrected chi connectivity index (χ1v) is 17.6. The number of nitrogens with one attached hydrogen (secondary N) is 4. The van der Waals surface area contributed by atoms with Crippen LogP contribution in [0.5, 0.6) is 0 Å². The summed E-state index contributed by atoms with van der Waals surface area (Å²) in [5.41, 5.74) is 3.42. The number of carbonyl (C=O) groups is 4. The highest BCUT2D eigenvalue weighted by atomic mass is 32.2. The number of nitrogens with zero attached hydrogens (tertiary/aromatic N) is 1. The van der Waals surface area contributed by atoms with Crippen LogP contribution in [0.15, 0.2) is 66.7 Å². The van der Waals surface area contributed by atoms with Crippen LogP contribution < -0.4 is 20.7 Å². The number of urea groups is 1. The Hall–Kier alpha value is -4.75.